The van der Waals surface area contributed by atoms with E-state index in [9.17, 15) is 31.2 Å². The van der Waals surface area contributed by atoms with Gasteiger partial charge in [-0.2, -0.15) is 13.2 Å². The average molecular weight is 553 g/mol. The second-order valence-corrected chi connectivity index (χ2v) is 12.0. The Morgan fingerprint density at radius 3 is 2.39 bits per heavy atom. The van der Waals surface area contributed by atoms with Crippen LogP contribution in [0.4, 0.5) is 13.2 Å². The van der Waals surface area contributed by atoms with Crippen molar-refractivity contribution in [2.45, 2.75) is 68.2 Å². The van der Waals surface area contributed by atoms with E-state index >= 15 is 0 Å². The van der Waals surface area contributed by atoms with Crippen LogP contribution in [-0.4, -0.2) is 50.6 Å². The van der Waals surface area contributed by atoms with Crippen molar-refractivity contribution in [2.24, 2.45) is 5.92 Å². The molecule has 0 aromatic heterocycles. The number of ether oxygens (including phenoxy) is 1. The van der Waals surface area contributed by atoms with Crippen molar-refractivity contribution >= 4 is 21.7 Å². The minimum atomic E-state index is -4.53. The number of carbonyl (C=O) groups excluding carboxylic acids is 2. The summed E-state index contributed by atoms with van der Waals surface area (Å²) in [6, 6.07) is 7.44. The number of sulfone groups is 1. The zero-order valence-electron chi connectivity index (χ0n) is 21.4. The molecule has 2 aromatic carbocycles. The van der Waals surface area contributed by atoms with E-state index in [2.05, 4.69) is 5.32 Å². The number of benzene rings is 2. The van der Waals surface area contributed by atoms with Crippen LogP contribution in [0.15, 0.2) is 47.4 Å². The molecule has 3 atom stereocenters. The topological polar surface area (TPSA) is 92.8 Å². The number of nitrogens with zero attached hydrogens (tertiary/aromatic N) is 1. The van der Waals surface area contributed by atoms with E-state index in [0.29, 0.717) is 24.8 Å². The maximum atomic E-state index is 13.6. The van der Waals surface area contributed by atoms with Crippen molar-refractivity contribution < 1.29 is 35.9 Å². The van der Waals surface area contributed by atoms with Gasteiger partial charge in [-0.3, -0.25) is 9.59 Å². The smallest absolute Gasteiger partial charge is 0.416 e. The van der Waals surface area contributed by atoms with Crippen molar-refractivity contribution in [1.29, 1.82) is 0 Å². The third-order valence-corrected chi connectivity index (χ3v) is 8.42. The van der Waals surface area contributed by atoms with Gasteiger partial charge in [0, 0.05) is 23.4 Å². The summed E-state index contributed by atoms with van der Waals surface area (Å²) < 4.78 is 69.0. The summed E-state index contributed by atoms with van der Waals surface area (Å²) in [5.74, 6) is -0.744. The van der Waals surface area contributed by atoms with Gasteiger partial charge < -0.3 is 15.0 Å². The van der Waals surface area contributed by atoms with Crippen molar-refractivity contribution in [3.05, 3.63) is 59.2 Å². The normalized spacial score (nSPS) is 20.7. The number of alkyl halides is 3. The first-order valence-electron chi connectivity index (χ1n) is 12.5. The third kappa shape index (κ3) is 5.82. The van der Waals surface area contributed by atoms with Gasteiger partial charge in [0.15, 0.2) is 9.84 Å². The fourth-order valence-corrected chi connectivity index (χ4v) is 5.80. The Morgan fingerprint density at radius 1 is 1.11 bits per heavy atom. The SMILES string of the molecule is CC[C@@H]1CC[C@H](C(=O)NC(c2ccc(C(F)(F)F)cc2OC)C2CC2)N1C(=O)c1cccc(S(C)(=O)=O)c1. The molecule has 2 amide bonds. The highest BCUT2D eigenvalue weighted by molar-refractivity contribution is 7.90. The zero-order chi connectivity index (χ0) is 27.8. The summed E-state index contributed by atoms with van der Waals surface area (Å²) in [6.45, 7) is 1.91. The molecule has 2 aliphatic rings. The van der Waals surface area contributed by atoms with Crippen LogP contribution in [0.25, 0.3) is 0 Å². The van der Waals surface area contributed by atoms with Crippen LogP contribution in [0.2, 0.25) is 0 Å². The standard InChI is InChI=1S/C27H31F3N2O5S/c1-4-19-11-13-22(32(19)26(34)17-6-5-7-20(14-17)38(3,35)36)25(33)31-24(16-8-9-16)21-12-10-18(27(28,29)30)15-23(21)37-2/h5-7,10,12,14-16,19,22,24H,4,8-9,11,13H2,1-3H3,(H,31,33)/t19-,22-,24?/m1/s1. The van der Waals surface area contributed by atoms with Crippen LogP contribution in [0.1, 0.15) is 66.6 Å². The molecule has 1 saturated heterocycles. The van der Waals surface area contributed by atoms with E-state index in [1.54, 1.807) is 0 Å². The molecule has 4 rings (SSSR count). The Hall–Kier alpha value is -3.08. The molecular weight excluding hydrogens is 521 g/mol. The van der Waals surface area contributed by atoms with Crippen molar-refractivity contribution in [3.63, 3.8) is 0 Å². The molecule has 7 nitrogen and oxygen atoms in total. The molecule has 0 spiro atoms. The molecule has 1 N–H and O–H groups in total. The average Bonchev–Trinajstić information content (AvgIpc) is 3.62. The lowest BCUT2D eigenvalue weighted by molar-refractivity contribution is -0.137. The minimum absolute atomic E-state index is 0.0137. The molecular formula is C27H31F3N2O5S. The molecule has 206 valence electrons. The predicted octanol–water partition coefficient (Wildman–Crippen LogP) is 4.77. The van der Waals surface area contributed by atoms with E-state index in [-0.39, 0.29) is 28.2 Å². The molecule has 2 fully saturated rings. The van der Waals surface area contributed by atoms with E-state index in [0.717, 1.165) is 31.2 Å². The highest BCUT2D eigenvalue weighted by atomic mass is 32.2. The molecule has 1 aliphatic carbocycles. The summed E-state index contributed by atoms with van der Waals surface area (Å²) in [5.41, 5.74) is -0.206. The van der Waals surface area contributed by atoms with Crippen molar-refractivity contribution in [1.82, 2.24) is 10.2 Å². The molecule has 1 heterocycles. The van der Waals surface area contributed by atoms with Gasteiger partial charge in [0.2, 0.25) is 5.91 Å². The van der Waals surface area contributed by atoms with Crippen LogP contribution in [-0.2, 0) is 20.8 Å². The summed E-state index contributed by atoms with van der Waals surface area (Å²) >= 11 is 0. The number of carbonyl (C=O) groups is 2. The van der Waals surface area contributed by atoms with Gasteiger partial charge in [-0.15, -0.1) is 0 Å². The number of nitrogens with one attached hydrogen (secondary N) is 1. The fraction of sp³-hybridized carbons (Fsp3) is 0.481. The maximum absolute atomic E-state index is 13.6. The number of rotatable bonds is 8. The van der Waals surface area contributed by atoms with Gasteiger partial charge in [-0.1, -0.05) is 19.1 Å². The first-order chi connectivity index (χ1) is 17.8. The van der Waals surface area contributed by atoms with Gasteiger partial charge >= 0.3 is 6.18 Å². The van der Waals surface area contributed by atoms with Gasteiger partial charge in [0.05, 0.1) is 23.6 Å². The summed E-state index contributed by atoms with van der Waals surface area (Å²) in [4.78, 5) is 28.7. The molecule has 2 aromatic rings. The fourth-order valence-electron chi connectivity index (χ4n) is 5.13. The Bertz CT molecular complexity index is 1320. The van der Waals surface area contributed by atoms with Gasteiger partial charge in [-0.25, -0.2) is 8.42 Å². The molecule has 1 unspecified atom stereocenters. The summed E-state index contributed by atoms with van der Waals surface area (Å²) in [5, 5.41) is 3.00. The highest BCUT2D eigenvalue weighted by Gasteiger charge is 2.43. The lowest BCUT2D eigenvalue weighted by atomic mass is 9.98. The van der Waals surface area contributed by atoms with Crippen LogP contribution < -0.4 is 10.1 Å². The lowest BCUT2D eigenvalue weighted by Crippen LogP contribution is -2.49. The number of hydrogen-bond acceptors (Lipinski definition) is 5. The van der Waals surface area contributed by atoms with Crippen LogP contribution in [0, 0.1) is 5.92 Å². The van der Waals surface area contributed by atoms with Gasteiger partial charge in [0.1, 0.15) is 11.8 Å². The molecule has 0 radical (unpaired) electrons. The largest absolute Gasteiger partial charge is 0.496 e. The lowest BCUT2D eigenvalue weighted by Gasteiger charge is -2.31. The number of amides is 2. The van der Waals surface area contributed by atoms with Crippen molar-refractivity contribution in [2.75, 3.05) is 13.4 Å². The summed E-state index contributed by atoms with van der Waals surface area (Å²) in [6.07, 6.45) is -0.229. The van der Waals surface area contributed by atoms with E-state index in [1.807, 2.05) is 6.92 Å². The Morgan fingerprint density at radius 2 is 1.82 bits per heavy atom. The first kappa shape index (κ1) is 27.9. The zero-order valence-corrected chi connectivity index (χ0v) is 22.2. The first-order valence-corrected chi connectivity index (χ1v) is 14.4. The molecule has 0 bridgehead atoms. The van der Waals surface area contributed by atoms with E-state index < -0.39 is 45.5 Å². The van der Waals surface area contributed by atoms with E-state index in [4.69, 9.17) is 4.74 Å². The maximum Gasteiger partial charge on any atom is 0.416 e. The van der Waals surface area contributed by atoms with E-state index in [1.165, 1.54) is 42.3 Å². The Kier molecular flexibility index (Phi) is 7.79. The van der Waals surface area contributed by atoms with Crippen molar-refractivity contribution in [3.8, 4) is 5.75 Å². The summed E-state index contributed by atoms with van der Waals surface area (Å²) in [7, 11) is -2.24. The van der Waals surface area contributed by atoms with Crippen LogP contribution in [0.3, 0.4) is 0 Å². The monoisotopic (exact) mass is 552 g/mol. The molecule has 1 aliphatic heterocycles. The molecule has 1 saturated carbocycles. The second kappa shape index (κ2) is 10.6. The number of methoxy groups -OCH3 is 1. The Labute approximate surface area is 220 Å². The highest BCUT2D eigenvalue weighted by Crippen LogP contribution is 2.45. The number of hydrogen-bond donors (Lipinski definition) is 1. The minimum Gasteiger partial charge on any atom is -0.496 e. The third-order valence-electron chi connectivity index (χ3n) is 7.31. The Balaban J connectivity index is 1.61. The number of likely N-dealkylation sites (tertiary alicyclic amines) is 1. The van der Waals surface area contributed by atoms with Gasteiger partial charge in [0.25, 0.3) is 5.91 Å². The second-order valence-electron chi connectivity index (χ2n) is 9.95. The molecule has 11 heteroatoms. The number of halogens is 3. The molecule has 38 heavy (non-hydrogen) atoms. The predicted molar refractivity (Wildman–Crippen MR) is 134 cm³/mol. The van der Waals surface area contributed by atoms with Crippen LogP contribution in [0.5, 0.6) is 5.75 Å². The quantitative estimate of drug-likeness (QED) is 0.510. The van der Waals surface area contributed by atoms with Crippen LogP contribution >= 0.6 is 0 Å². The van der Waals surface area contributed by atoms with Gasteiger partial charge in [-0.05, 0) is 68.4 Å².